The summed E-state index contributed by atoms with van der Waals surface area (Å²) >= 11 is 0. The largest absolute Gasteiger partial charge is 0.349 e. The molecule has 0 saturated carbocycles. The number of aryl methyl sites for hydroxylation is 1. The number of piperidine rings is 1. The lowest BCUT2D eigenvalue weighted by atomic mass is 9.86. The standard InChI is InChI=1S/C25H30N6O2/c1-29-21-7-3-2-6-20(21)15-22(29)23(32)27-11-14-30-12-8-25(9-13-30)24(33)28-18-31(25)17-19-5-4-10-26-16-19/h2-7,10,15-16H,8-9,11-14,17-18H2,1H3,(H,27,32)(H,28,33). The van der Waals surface area contributed by atoms with Crippen molar-refractivity contribution in [3.8, 4) is 0 Å². The van der Waals surface area contributed by atoms with Crippen LogP contribution in [0.2, 0.25) is 0 Å². The molecule has 1 aromatic carbocycles. The minimum Gasteiger partial charge on any atom is -0.349 e. The summed E-state index contributed by atoms with van der Waals surface area (Å²) in [6.07, 6.45) is 5.21. The van der Waals surface area contributed by atoms with Crippen molar-refractivity contribution >= 4 is 22.7 Å². The molecule has 172 valence electrons. The van der Waals surface area contributed by atoms with E-state index in [0.717, 1.165) is 48.9 Å². The van der Waals surface area contributed by atoms with E-state index in [1.54, 1.807) is 6.20 Å². The van der Waals surface area contributed by atoms with Crippen LogP contribution in [0, 0.1) is 0 Å². The fourth-order valence-corrected chi connectivity index (χ4v) is 5.16. The number of amides is 2. The van der Waals surface area contributed by atoms with Gasteiger partial charge in [0.05, 0.1) is 6.67 Å². The second-order valence-electron chi connectivity index (χ2n) is 9.00. The number of carbonyl (C=O) groups is 2. The van der Waals surface area contributed by atoms with E-state index in [4.69, 9.17) is 0 Å². The molecule has 2 fully saturated rings. The number of hydrogen-bond donors (Lipinski definition) is 2. The molecule has 33 heavy (non-hydrogen) atoms. The molecule has 1 spiro atoms. The van der Waals surface area contributed by atoms with Gasteiger partial charge in [-0.3, -0.25) is 19.5 Å². The molecule has 0 bridgehead atoms. The van der Waals surface area contributed by atoms with E-state index in [-0.39, 0.29) is 11.8 Å². The van der Waals surface area contributed by atoms with Crippen LogP contribution in [0.15, 0.2) is 54.9 Å². The molecular weight excluding hydrogens is 416 g/mol. The van der Waals surface area contributed by atoms with Crippen LogP contribution in [0.1, 0.15) is 28.9 Å². The summed E-state index contributed by atoms with van der Waals surface area (Å²) in [4.78, 5) is 34.3. The molecule has 2 aliphatic rings. The summed E-state index contributed by atoms with van der Waals surface area (Å²) in [6.45, 7) is 4.32. The van der Waals surface area contributed by atoms with Crippen LogP contribution in [-0.2, 0) is 18.4 Å². The van der Waals surface area contributed by atoms with E-state index in [0.29, 0.717) is 25.5 Å². The fraction of sp³-hybridized carbons (Fsp3) is 0.400. The van der Waals surface area contributed by atoms with Gasteiger partial charge in [0.25, 0.3) is 5.91 Å². The number of pyridine rings is 1. The Balaban J connectivity index is 1.14. The Morgan fingerprint density at radius 2 is 2.00 bits per heavy atom. The highest BCUT2D eigenvalue weighted by Crippen LogP contribution is 2.33. The Kier molecular flexibility index (Phi) is 5.86. The number of nitrogens with zero attached hydrogens (tertiary/aromatic N) is 4. The molecule has 4 heterocycles. The number of para-hydroxylation sites is 1. The Hall–Kier alpha value is -3.23. The van der Waals surface area contributed by atoms with Crippen LogP contribution in [0.25, 0.3) is 10.9 Å². The van der Waals surface area contributed by atoms with Crippen molar-refractivity contribution in [2.24, 2.45) is 7.05 Å². The highest BCUT2D eigenvalue weighted by atomic mass is 16.2. The van der Waals surface area contributed by atoms with Gasteiger partial charge in [0.15, 0.2) is 0 Å². The molecule has 2 saturated heterocycles. The Morgan fingerprint density at radius 3 is 2.76 bits per heavy atom. The normalized spacial score (nSPS) is 18.6. The molecule has 5 rings (SSSR count). The average molecular weight is 447 g/mol. The number of carbonyl (C=O) groups excluding carboxylic acids is 2. The highest BCUT2D eigenvalue weighted by Gasteiger charge is 2.49. The first-order valence-electron chi connectivity index (χ1n) is 11.5. The number of nitrogens with one attached hydrogen (secondary N) is 2. The molecule has 8 nitrogen and oxygen atoms in total. The lowest BCUT2D eigenvalue weighted by Gasteiger charge is -2.42. The van der Waals surface area contributed by atoms with Gasteiger partial charge in [0.2, 0.25) is 5.91 Å². The van der Waals surface area contributed by atoms with Crippen molar-refractivity contribution in [1.82, 2.24) is 30.0 Å². The molecule has 0 radical (unpaired) electrons. The van der Waals surface area contributed by atoms with E-state index in [9.17, 15) is 9.59 Å². The quantitative estimate of drug-likeness (QED) is 0.603. The van der Waals surface area contributed by atoms with Crippen LogP contribution in [0.5, 0.6) is 0 Å². The minimum absolute atomic E-state index is 0.0556. The fourth-order valence-electron chi connectivity index (χ4n) is 5.16. The van der Waals surface area contributed by atoms with Gasteiger partial charge in [-0.15, -0.1) is 0 Å². The summed E-state index contributed by atoms with van der Waals surface area (Å²) in [5.41, 5.74) is 2.39. The lowest BCUT2D eigenvalue weighted by Crippen LogP contribution is -2.56. The monoisotopic (exact) mass is 446 g/mol. The van der Waals surface area contributed by atoms with Gasteiger partial charge >= 0.3 is 0 Å². The van der Waals surface area contributed by atoms with Gasteiger partial charge < -0.3 is 20.1 Å². The molecule has 2 N–H and O–H groups in total. The molecule has 2 aliphatic heterocycles. The third-order valence-electron chi connectivity index (χ3n) is 7.14. The van der Waals surface area contributed by atoms with Gasteiger partial charge in [-0.1, -0.05) is 24.3 Å². The number of benzene rings is 1. The second kappa shape index (κ2) is 8.96. The first-order chi connectivity index (χ1) is 16.1. The number of hydrogen-bond acceptors (Lipinski definition) is 5. The lowest BCUT2D eigenvalue weighted by molar-refractivity contribution is -0.129. The van der Waals surface area contributed by atoms with E-state index >= 15 is 0 Å². The number of aromatic nitrogens is 2. The van der Waals surface area contributed by atoms with Crippen molar-refractivity contribution in [1.29, 1.82) is 0 Å². The van der Waals surface area contributed by atoms with Crippen LogP contribution >= 0.6 is 0 Å². The van der Waals surface area contributed by atoms with Crippen LogP contribution in [0.4, 0.5) is 0 Å². The molecule has 2 amide bonds. The number of rotatable bonds is 6. The minimum atomic E-state index is -0.446. The zero-order valence-electron chi connectivity index (χ0n) is 19.0. The molecular formula is C25H30N6O2. The van der Waals surface area contributed by atoms with Gasteiger partial charge in [0, 0.05) is 63.1 Å². The van der Waals surface area contributed by atoms with Crippen molar-refractivity contribution < 1.29 is 9.59 Å². The maximum absolute atomic E-state index is 12.8. The van der Waals surface area contributed by atoms with E-state index in [2.05, 4.69) is 31.5 Å². The van der Waals surface area contributed by atoms with E-state index in [1.807, 2.05) is 54.2 Å². The summed E-state index contributed by atoms with van der Waals surface area (Å²) in [7, 11) is 1.92. The van der Waals surface area contributed by atoms with Gasteiger partial charge in [0.1, 0.15) is 11.2 Å². The van der Waals surface area contributed by atoms with Crippen molar-refractivity contribution in [2.75, 3.05) is 32.8 Å². The van der Waals surface area contributed by atoms with E-state index in [1.165, 1.54) is 0 Å². The summed E-state index contributed by atoms with van der Waals surface area (Å²) in [6, 6.07) is 13.9. The van der Waals surface area contributed by atoms with Crippen molar-refractivity contribution in [3.63, 3.8) is 0 Å². The molecule has 0 unspecified atom stereocenters. The Morgan fingerprint density at radius 1 is 1.18 bits per heavy atom. The molecule has 8 heteroatoms. The first kappa shape index (κ1) is 21.6. The molecule has 3 aromatic rings. The second-order valence-corrected chi connectivity index (χ2v) is 9.00. The number of fused-ring (bicyclic) bond motifs is 1. The number of likely N-dealkylation sites (tertiary alicyclic amines) is 1. The molecule has 2 aromatic heterocycles. The maximum Gasteiger partial charge on any atom is 0.267 e. The Labute approximate surface area is 193 Å². The van der Waals surface area contributed by atoms with Crippen molar-refractivity contribution in [3.05, 3.63) is 66.1 Å². The molecule has 0 atom stereocenters. The smallest absolute Gasteiger partial charge is 0.267 e. The average Bonchev–Trinajstić information content (AvgIpc) is 3.33. The third-order valence-corrected chi connectivity index (χ3v) is 7.14. The van der Waals surface area contributed by atoms with Gasteiger partial charge in [-0.05, 0) is 36.6 Å². The zero-order valence-corrected chi connectivity index (χ0v) is 19.0. The summed E-state index contributed by atoms with van der Waals surface area (Å²) < 4.78 is 1.94. The zero-order chi connectivity index (χ0) is 22.8. The van der Waals surface area contributed by atoms with Gasteiger partial charge in [-0.2, -0.15) is 0 Å². The van der Waals surface area contributed by atoms with Crippen LogP contribution < -0.4 is 10.6 Å². The van der Waals surface area contributed by atoms with E-state index < -0.39 is 5.54 Å². The first-order valence-corrected chi connectivity index (χ1v) is 11.5. The third kappa shape index (κ3) is 4.12. The predicted molar refractivity (Wildman–Crippen MR) is 126 cm³/mol. The Bertz CT molecular complexity index is 1150. The maximum atomic E-state index is 12.8. The topological polar surface area (TPSA) is 82.5 Å². The predicted octanol–water partition coefficient (Wildman–Crippen LogP) is 1.73. The van der Waals surface area contributed by atoms with Gasteiger partial charge in [-0.25, -0.2) is 0 Å². The van der Waals surface area contributed by atoms with Crippen LogP contribution in [0.3, 0.4) is 0 Å². The van der Waals surface area contributed by atoms with Crippen molar-refractivity contribution in [2.45, 2.75) is 24.9 Å². The summed E-state index contributed by atoms with van der Waals surface area (Å²) in [5.74, 6) is 0.0788. The molecule has 0 aliphatic carbocycles. The van der Waals surface area contributed by atoms with Crippen LogP contribution in [-0.4, -0.2) is 69.6 Å². The highest BCUT2D eigenvalue weighted by molar-refractivity contribution is 5.98. The summed E-state index contributed by atoms with van der Waals surface area (Å²) in [5, 5.41) is 7.17. The SMILES string of the molecule is Cn1c(C(=O)NCCN2CCC3(CC2)C(=O)NCN3Cc2cccnc2)cc2ccccc21.